The number of amides is 2. The second kappa shape index (κ2) is 12.9. The summed E-state index contributed by atoms with van der Waals surface area (Å²) in [5.74, 6) is -0.709. The molecule has 2 saturated heterocycles. The summed E-state index contributed by atoms with van der Waals surface area (Å²) in [4.78, 5) is 12.3. The molecule has 2 amide bonds. The Hall–Kier alpha value is -1.38. The normalized spacial score (nSPS) is 25.7. The van der Waals surface area contributed by atoms with Crippen molar-refractivity contribution in [2.45, 2.75) is 103 Å². The van der Waals surface area contributed by atoms with Crippen molar-refractivity contribution in [3.05, 3.63) is 29.3 Å². The van der Waals surface area contributed by atoms with Crippen LogP contribution in [0.3, 0.4) is 0 Å². The molecule has 0 bridgehead atoms. The van der Waals surface area contributed by atoms with E-state index in [1.807, 2.05) is 13.8 Å². The van der Waals surface area contributed by atoms with Crippen molar-refractivity contribution >= 4 is 23.3 Å². The SMILES string of the molecule is CCCCCCCCCCO[C@H]1[C@H]2OC(C)(C)O[C@H]2O[C@@H]1CNC(=O)Nc1ccc(Cl)cc1. The number of halogens is 1. The minimum absolute atomic E-state index is 0.293. The third kappa shape index (κ3) is 8.41. The van der Waals surface area contributed by atoms with Crippen molar-refractivity contribution in [1.29, 1.82) is 0 Å². The first-order chi connectivity index (χ1) is 15.9. The number of hydrogen-bond acceptors (Lipinski definition) is 5. The van der Waals surface area contributed by atoms with Crippen LogP contribution < -0.4 is 10.6 Å². The van der Waals surface area contributed by atoms with Crippen molar-refractivity contribution in [2.24, 2.45) is 0 Å². The molecule has 2 aliphatic rings. The Kier molecular flexibility index (Phi) is 10.3. The van der Waals surface area contributed by atoms with Crippen LogP contribution in [0.1, 0.15) is 72.1 Å². The van der Waals surface area contributed by atoms with Gasteiger partial charge in [0, 0.05) is 23.9 Å². The molecule has 3 rings (SSSR count). The Labute approximate surface area is 202 Å². The lowest BCUT2D eigenvalue weighted by atomic mass is 10.1. The maximum atomic E-state index is 12.3. The van der Waals surface area contributed by atoms with Crippen LogP contribution in [0.5, 0.6) is 0 Å². The number of nitrogens with one attached hydrogen (secondary N) is 2. The molecule has 0 aromatic heterocycles. The average Bonchev–Trinajstić information content (AvgIpc) is 3.24. The van der Waals surface area contributed by atoms with Gasteiger partial charge in [-0.3, -0.25) is 0 Å². The van der Waals surface area contributed by atoms with E-state index >= 15 is 0 Å². The van der Waals surface area contributed by atoms with Crippen LogP contribution in [0.4, 0.5) is 10.5 Å². The Bertz CT molecular complexity index is 730. The molecule has 1 aromatic carbocycles. The summed E-state index contributed by atoms with van der Waals surface area (Å²) in [6.45, 7) is 6.92. The minimum Gasteiger partial charge on any atom is -0.373 e. The fraction of sp³-hybridized carbons (Fsp3) is 0.720. The smallest absolute Gasteiger partial charge is 0.319 e. The zero-order valence-corrected chi connectivity index (χ0v) is 20.9. The maximum Gasteiger partial charge on any atom is 0.319 e. The zero-order valence-electron chi connectivity index (χ0n) is 20.1. The molecule has 33 heavy (non-hydrogen) atoms. The number of carbonyl (C=O) groups is 1. The van der Waals surface area contributed by atoms with Crippen molar-refractivity contribution in [1.82, 2.24) is 5.32 Å². The fourth-order valence-electron chi connectivity index (χ4n) is 4.27. The lowest BCUT2D eigenvalue weighted by Gasteiger charge is -2.26. The first-order valence-electron chi connectivity index (χ1n) is 12.3. The van der Waals surface area contributed by atoms with E-state index < -0.39 is 12.1 Å². The first-order valence-corrected chi connectivity index (χ1v) is 12.7. The molecule has 0 radical (unpaired) electrons. The summed E-state index contributed by atoms with van der Waals surface area (Å²) in [5, 5.41) is 6.27. The zero-order chi connectivity index (χ0) is 23.7. The summed E-state index contributed by atoms with van der Waals surface area (Å²) >= 11 is 5.89. The molecule has 2 fully saturated rings. The van der Waals surface area contributed by atoms with Gasteiger partial charge in [-0.25, -0.2) is 4.79 Å². The highest BCUT2D eigenvalue weighted by atomic mass is 35.5. The van der Waals surface area contributed by atoms with E-state index in [4.69, 9.17) is 30.5 Å². The minimum atomic E-state index is -0.709. The summed E-state index contributed by atoms with van der Waals surface area (Å²) in [6.07, 6.45) is 8.52. The second-order valence-corrected chi connectivity index (χ2v) is 9.73. The highest BCUT2D eigenvalue weighted by Crippen LogP contribution is 2.38. The van der Waals surface area contributed by atoms with Gasteiger partial charge >= 0.3 is 6.03 Å². The van der Waals surface area contributed by atoms with E-state index in [2.05, 4.69) is 17.6 Å². The summed E-state index contributed by atoms with van der Waals surface area (Å²) < 4.78 is 24.2. The maximum absolute atomic E-state index is 12.3. The third-order valence-electron chi connectivity index (χ3n) is 5.96. The largest absolute Gasteiger partial charge is 0.373 e. The van der Waals surface area contributed by atoms with E-state index in [0.717, 1.165) is 12.8 Å². The Morgan fingerprint density at radius 2 is 1.70 bits per heavy atom. The molecule has 2 heterocycles. The fourth-order valence-corrected chi connectivity index (χ4v) is 4.40. The Morgan fingerprint density at radius 1 is 1.03 bits per heavy atom. The molecule has 2 N–H and O–H groups in total. The van der Waals surface area contributed by atoms with E-state index in [1.165, 1.54) is 38.5 Å². The summed E-state index contributed by atoms with van der Waals surface area (Å²) in [5.41, 5.74) is 0.664. The number of carbonyl (C=O) groups excluding carboxylic acids is 1. The van der Waals surface area contributed by atoms with Gasteiger partial charge in [0.1, 0.15) is 18.3 Å². The highest BCUT2D eigenvalue weighted by molar-refractivity contribution is 6.30. The quantitative estimate of drug-likeness (QED) is 0.344. The van der Waals surface area contributed by atoms with Gasteiger partial charge in [0.25, 0.3) is 0 Å². The van der Waals surface area contributed by atoms with Crippen molar-refractivity contribution in [3.63, 3.8) is 0 Å². The number of hydrogen-bond donors (Lipinski definition) is 2. The van der Waals surface area contributed by atoms with E-state index in [0.29, 0.717) is 23.9 Å². The lowest BCUT2D eigenvalue weighted by molar-refractivity contribution is -0.217. The van der Waals surface area contributed by atoms with Crippen molar-refractivity contribution in [2.75, 3.05) is 18.5 Å². The number of anilines is 1. The number of unbranched alkanes of at least 4 members (excludes halogenated alkanes) is 7. The van der Waals surface area contributed by atoms with Gasteiger partial charge in [0.2, 0.25) is 0 Å². The summed E-state index contributed by atoms with van der Waals surface area (Å²) in [7, 11) is 0. The van der Waals surface area contributed by atoms with Crippen molar-refractivity contribution < 1.29 is 23.7 Å². The van der Waals surface area contributed by atoms with Crippen LogP contribution in [0.2, 0.25) is 5.02 Å². The summed E-state index contributed by atoms with van der Waals surface area (Å²) in [6, 6.07) is 6.63. The van der Waals surface area contributed by atoms with Gasteiger partial charge < -0.3 is 29.6 Å². The molecule has 186 valence electrons. The Morgan fingerprint density at radius 3 is 2.39 bits per heavy atom. The molecule has 0 unspecified atom stereocenters. The van der Waals surface area contributed by atoms with Crippen molar-refractivity contribution in [3.8, 4) is 0 Å². The Balaban J connectivity index is 1.42. The number of ether oxygens (including phenoxy) is 4. The van der Waals surface area contributed by atoms with E-state index in [9.17, 15) is 4.79 Å². The second-order valence-electron chi connectivity index (χ2n) is 9.30. The van der Waals surface area contributed by atoms with Gasteiger partial charge in [-0.1, -0.05) is 63.5 Å². The monoisotopic (exact) mass is 482 g/mol. The number of urea groups is 1. The molecule has 1 aromatic rings. The molecule has 0 spiro atoms. The van der Waals surface area contributed by atoms with Crippen LogP contribution in [0, 0.1) is 0 Å². The topological polar surface area (TPSA) is 78.1 Å². The van der Waals surface area contributed by atoms with Gasteiger partial charge in [0.15, 0.2) is 12.1 Å². The number of rotatable bonds is 13. The van der Waals surface area contributed by atoms with Gasteiger partial charge in [-0.15, -0.1) is 0 Å². The van der Waals surface area contributed by atoms with Gasteiger partial charge in [0.05, 0.1) is 0 Å². The van der Waals surface area contributed by atoms with Crippen LogP contribution in [-0.2, 0) is 18.9 Å². The lowest BCUT2D eigenvalue weighted by Crippen LogP contribution is -2.44. The van der Waals surface area contributed by atoms with E-state index in [1.54, 1.807) is 24.3 Å². The average molecular weight is 483 g/mol. The van der Waals surface area contributed by atoms with Crippen LogP contribution in [-0.4, -0.2) is 49.6 Å². The predicted octanol–water partition coefficient (Wildman–Crippen LogP) is 5.86. The molecular weight excluding hydrogens is 444 g/mol. The van der Waals surface area contributed by atoms with E-state index in [-0.39, 0.29) is 24.3 Å². The van der Waals surface area contributed by atoms with Crippen LogP contribution in [0.25, 0.3) is 0 Å². The van der Waals surface area contributed by atoms with Gasteiger partial charge in [-0.2, -0.15) is 0 Å². The van der Waals surface area contributed by atoms with Crippen LogP contribution >= 0.6 is 11.6 Å². The molecule has 7 nitrogen and oxygen atoms in total. The predicted molar refractivity (Wildman–Crippen MR) is 130 cm³/mol. The standard InChI is InChI=1S/C25H39ClN2O5/c1-4-5-6-7-8-9-10-11-16-30-21-20(31-23-22(21)32-25(2,3)33-23)17-27-24(29)28-19-14-12-18(26)13-15-19/h12-15,20-23H,4-11,16-17H2,1-3H3,(H2,27,28,29)/t20-,21-,22-,23-/m1/s1. The first kappa shape index (κ1) is 26.2. The number of fused-ring (bicyclic) bond motifs is 1. The number of benzene rings is 1. The van der Waals surface area contributed by atoms with Gasteiger partial charge in [-0.05, 0) is 44.5 Å². The highest BCUT2D eigenvalue weighted by Gasteiger charge is 2.55. The third-order valence-corrected chi connectivity index (χ3v) is 6.21. The molecule has 8 heteroatoms. The molecule has 0 aliphatic carbocycles. The van der Waals surface area contributed by atoms with Crippen LogP contribution in [0.15, 0.2) is 24.3 Å². The molecule has 0 saturated carbocycles. The molecule has 2 aliphatic heterocycles. The molecular formula is C25H39ClN2O5. The molecule has 4 atom stereocenters.